The van der Waals surface area contributed by atoms with E-state index in [9.17, 15) is 0 Å². The summed E-state index contributed by atoms with van der Waals surface area (Å²) in [5.74, 6) is 1.87. The second kappa shape index (κ2) is 6.27. The molecule has 3 rings (SSSR count). The molecular formula is C18H18N2O. The topological polar surface area (TPSA) is 37.9 Å². The lowest BCUT2D eigenvalue weighted by molar-refractivity contribution is 0.414. The SMILES string of the molecule is COc1ccc(Cc2ncc(Cc3ccccc3)[nH]2)cc1. The van der Waals surface area contributed by atoms with E-state index in [-0.39, 0.29) is 0 Å². The largest absolute Gasteiger partial charge is 0.497 e. The molecule has 3 heteroatoms. The molecule has 3 nitrogen and oxygen atoms in total. The van der Waals surface area contributed by atoms with Crippen LogP contribution in [-0.2, 0) is 12.8 Å². The minimum Gasteiger partial charge on any atom is -0.497 e. The number of ether oxygens (including phenoxy) is 1. The summed E-state index contributed by atoms with van der Waals surface area (Å²) in [6.45, 7) is 0. The van der Waals surface area contributed by atoms with Gasteiger partial charge < -0.3 is 9.72 Å². The van der Waals surface area contributed by atoms with Gasteiger partial charge in [0.1, 0.15) is 11.6 Å². The summed E-state index contributed by atoms with van der Waals surface area (Å²) in [5.41, 5.74) is 3.65. The van der Waals surface area contributed by atoms with Gasteiger partial charge in [-0.05, 0) is 23.3 Å². The molecule has 0 saturated heterocycles. The summed E-state index contributed by atoms with van der Waals surface area (Å²) >= 11 is 0. The number of benzene rings is 2. The van der Waals surface area contributed by atoms with Gasteiger partial charge in [0.05, 0.1) is 7.11 Å². The van der Waals surface area contributed by atoms with Crippen molar-refractivity contribution in [2.75, 3.05) is 7.11 Å². The van der Waals surface area contributed by atoms with Gasteiger partial charge in [-0.25, -0.2) is 4.98 Å². The van der Waals surface area contributed by atoms with E-state index in [1.165, 1.54) is 11.1 Å². The maximum absolute atomic E-state index is 5.17. The van der Waals surface area contributed by atoms with Gasteiger partial charge >= 0.3 is 0 Å². The van der Waals surface area contributed by atoms with Crippen LogP contribution in [0.15, 0.2) is 60.8 Å². The second-order valence-electron chi connectivity index (χ2n) is 5.04. The first-order chi connectivity index (χ1) is 10.3. The maximum Gasteiger partial charge on any atom is 0.118 e. The normalized spacial score (nSPS) is 10.5. The number of hydrogen-bond acceptors (Lipinski definition) is 2. The Morgan fingerprint density at radius 1 is 0.905 bits per heavy atom. The number of methoxy groups -OCH3 is 1. The van der Waals surface area contributed by atoms with Crippen LogP contribution < -0.4 is 4.74 Å². The lowest BCUT2D eigenvalue weighted by atomic mass is 10.1. The molecule has 0 aliphatic carbocycles. The zero-order chi connectivity index (χ0) is 14.5. The highest BCUT2D eigenvalue weighted by Crippen LogP contribution is 2.14. The molecule has 0 spiro atoms. The summed E-state index contributed by atoms with van der Waals surface area (Å²) < 4.78 is 5.17. The first kappa shape index (κ1) is 13.4. The Kier molecular flexibility index (Phi) is 4.01. The smallest absolute Gasteiger partial charge is 0.118 e. The third-order valence-corrected chi connectivity index (χ3v) is 3.45. The van der Waals surface area contributed by atoms with Gasteiger partial charge in [-0.3, -0.25) is 0 Å². The number of rotatable bonds is 5. The number of H-pyrrole nitrogens is 1. The van der Waals surface area contributed by atoms with E-state index in [2.05, 4.69) is 46.4 Å². The molecule has 0 fully saturated rings. The highest BCUT2D eigenvalue weighted by Gasteiger charge is 2.03. The maximum atomic E-state index is 5.17. The van der Waals surface area contributed by atoms with Crippen molar-refractivity contribution in [2.24, 2.45) is 0 Å². The molecule has 1 heterocycles. The minimum absolute atomic E-state index is 0.804. The summed E-state index contributed by atoms with van der Waals surface area (Å²) in [6.07, 6.45) is 3.61. The molecule has 0 unspecified atom stereocenters. The molecule has 0 bridgehead atoms. The van der Waals surface area contributed by atoms with Crippen LogP contribution in [0.25, 0.3) is 0 Å². The third-order valence-electron chi connectivity index (χ3n) is 3.45. The molecule has 2 aromatic carbocycles. The van der Waals surface area contributed by atoms with Gasteiger partial charge in [0, 0.05) is 24.7 Å². The Morgan fingerprint density at radius 2 is 1.62 bits per heavy atom. The van der Waals surface area contributed by atoms with Gasteiger partial charge in [0.25, 0.3) is 0 Å². The highest BCUT2D eigenvalue weighted by atomic mass is 16.5. The molecule has 106 valence electrons. The Morgan fingerprint density at radius 3 is 2.33 bits per heavy atom. The molecule has 1 N–H and O–H groups in total. The molecule has 0 aliphatic rings. The summed E-state index contributed by atoms with van der Waals surface area (Å²) in [4.78, 5) is 7.86. The van der Waals surface area contributed by atoms with Crippen LogP contribution in [-0.4, -0.2) is 17.1 Å². The summed E-state index contributed by atoms with van der Waals surface area (Å²) in [5, 5.41) is 0. The molecule has 21 heavy (non-hydrogen) atoms. The molecule has 0 amide bonds. The summed E-state index contributed by atoms with van der Waals surface area (Å²) in [6, 6.07) is 18.5. The minimum atomic E-state index is 0.804. The van der Waals surface area contributed by atoms with Crippen LogP contribution >= 0.6 is 0 Å². The van der Waals surface area contributed by atoms with Gasteiger partial charge in [-0.2, -0.15) is 0 Å². The fourth-order valence-electron chi connectivity index (χ4n) is 2.34. The van der Waals surface area contributed by atoms with E-state index < -0.39 is 0 Å². The molecule has 0 atom stereocenters. The average molecular weight is 278 g/mol. The van der Waals surface area contributed by atoms with Gasteiger partial charge in [-0.15, -0.1) is 0 Å². The van der Waals surface area contributed by atoms with E-state index in [1.807, 2.05) is 24.4 Å². The number of nitrogens with one attached hydrogen (secondary N) is 1. The van der Waals surface area contributed by atoms with Crippen LogP contribution in [0, 0.1) is 0 Å². The first-order valence-electron chi connectivity index (χ1n) is 7.03. The van der Waals surface area contributed by atoms with E-state index >= 15 is 0 Å². The number of hydrogen-bond donors (Lipinski definition) is 1. The van der Waals surface area contributed by atoms with Crippen LogP contribution in [0.4, 0.5) is 0 Å². The van der Waals surface area contributed by atoms with Crippen molar-refractivity contribution < 1.29 is 4.74 Å². The molecule has 1 aromatic heterocycles. The van der Waals surface area contributed by atoms with E-state index in [0.29, 0.717) is 0 Å². The predicted molar refractivity (Wildman–Crippen MR) is 83.6 cm³/mol. The van der Waals surface area contributed by atoms with Crippen molar-refractivity contribution in [3.05, 3.63) is 83.4 Å². The van der Waals surface area contributed by atoms with Crippen molar-refractivity contribution in [1.82, 2.24) is 9.97 Å². The number of imidazole rings is 1. The van der Waals surface area contributed by atoms with Crippen LogP contribution in [0.5, 0.6) is 5.75 Å². The fraction of sp³-hybridized carbons (Fsp3) is 0.167. The Hall–Kier alpha value is -2.55. The lowest BCUT2D eigenvalue weighted by Crippen LogP contribution is -1.93. The van der Waals surface area contributed by atoms with Crippen LogP contribution in [0.3, 0.4) is 0 Å². The highest BCUT2D eigenvalue weighted by molar-refractivity contribution is 5.29. The fourth-order valence-corrected chi connectivity index (χ4v) is 2.34. The second-order valence-corrected chi connectivity index (χ2v) is 5.04. The monoisotopic (exact) mass is 278 g/mol. The van der Waals surface area contributed by atoms with Crippen molar-refractivity contribution >= 4 is 0 Å². The van der Waals surface area contributed by atoms with Crippen molar-refractivity contribution in [3.8, 4) is 5.75 Å². The Labute approximate surface area is 124 Å². The van der Waals surface area contributed by atoms with E-state index in [1.54, 1.807) is 7.11 Å². The molecule has 0 radical (unpaired) electrons. The zero-order valence-corrected chi connectivity index (χ0v) is 12.0. The lowest BCUT2D eigenvalue weighted by Gasteiger charge is -2.02. The zero-order valence-electron chi connectivity index (χ0n) is 12.0. The Balaban J connectivity index is 1.67. The van der Waals surface area contributed by atoms with Gasteiger partial charge in [-0.1, -0.05) is 42.5 Å². The third kappa shape index (κ3) is 3.51. The number of aromatic amines is 1. The molecule has 0 saturated carbocycles. The van der Waals surface area contributed by atoms with Crippen molar-refractivity contribution in [1.29, 1.82) is 0 Å². The van der Waals surface area contributed by atoms with Crippen LogP contribution in [0.2, 0.25) is 0 Å². The van der Waals surface area contributed by atoms with Crippen molar-refractivity contribution in [2.45, 2.75) is 12.8 Å². The summed E-state index contributed by atoms with van der Waals surface area (Å²) in [7, 11) is 1.68. The number of nitrogens with zero attached hydrogens (tertiary/aromatic N) is 1. The van der Waals surface area contributed by atoms with Gasteiger partial charge in [0.2, 0.25) is 0 Å². The molecular weight excluding hydrogens is 260 g/mol. The average Bonchev–Trinajstić information content (AvgIpc) is 2.96. The molecule has 3 aromatic rings. The molecule has 0 aliphatic heterocycles. The van der Waals surface area contributed by atoms with Crippen molar-refractivity contribution in [3.63, 3.8) is 0 Å². The standard InChI is InChI=1S/C18H18N2O/c1-21-17-9-7-15(8-10-17)12-18-19-13-16(20-18)11-14-5-3-2-4-6-14/h2-10,13H,11-12H2,1H3,(H,19,20). The number of aromatic nitrogens is 2. The predicted octanol–water partition coefficient (Wildman–Crippen LogP) is 3.60. The van der Waals surface area contributed by atoms with Crippen LogP contribution in [0.1, 0.15) is 22.6 Å². The Bertz CT molecular complexity index is 687. The van der Waals surface area contributed by atoms with Gasteiger partial charge in [0.15, 0.2) is 0 Å². The quantitative estimate of drug-likeness (QED) is 0.774. The first-order valence-corrected chi connectivity index (χ1v) is 7.03. The van der Waals surface area contributed by atoms with E-state index in [4.69, 9.17) is 4.74 Å². The van der Waals surface area contributed by atoms with E-state index in [0.717, 1.165) is 30.1 Å².